The van der Waals surface area contributed by atoms with Gasteiger partial charge in [-0.3, -0.25) is 4.98 Å². The molecule has 5 heteroatoms. The van der Waals surface area contributed by atoms with Gasteiger partial charge < -0.3 is 10.2 Å². The van der Waals surface area contributed by atoms with Crippen molar-refractivity contribution in [2.45, 2.75) is 0 Å². The Morgan fingerprint density at radius 1 is 1.05 bits per heavy atom. The predicted octanol–water partition coefficient (Wildman–Crippen LogP) is 2.67. The van der Waals surface area contributed by atoms with Crippen molar-refractivity contribution < 1.29 is 0 Å². The minimum Gasteiger partial charge on any atom is -0.368 e. The summed E-state index contributed by atoms with van der Waals surface area (Å²) in [6.07, 6.45) is 3.54. The highest BCUT2D eigenvalue weighted by molar-refractivity contribution is 5.90. The van der Waals surface area contributed by atoms with Crippen molar-refractivity contribution in [3.8, 4) is 11.4 Å². The molecule has 0 aliphatic heterocycles. The molecule has 112 valence electrons. The number of pyridine rings is 1. The maximum atomic E-state index is 4.69. The number of aromatic nitrogens is 3. The third-order valence-electron chi connectivity index (χ3n) is 3.37. The van der Waals surface area contributed by atoms with E-state index in [-0.39, 0.29) is 0 Å². The van der Waals surface area contributed by atoms with Gasteiger partial charge in [-0.05, 0) is 38.4 Å². The molecule has 1 N–H and O–H groups in total. The van der Waals surface area contributed by atoms with E-state index in [1.165, 1.54) is 0 Å². The molecule has 22 heavy (non-hydrogen) atoms. The molecule has 0 saturated heterocycles. The van der Waals surface area contributed by atoms with Crippen molar-refractivity contribution in [1.82, 2.24) is 19.9 Å². The number of fused-ring (bicyclic) bond motifs is 1. The minimum atomic E-state index is 0.694. The monoisotopic (exact) mass is 293 g/mol. The van der Waals surface area contributed by atoms with Gasteiger partial charge in [0.15, 0.2) is 5.82 Å². The molecule has 0 aliphatic rings. The molecular weight excluding hydrogens is 274 g/mol. The number of para-hydroxylation sites is 1. The van der Waals surface area contributed by atoms with Crippen LogP contribution in [-0.2, 0) is 0 Å². The van der Waals surface area contributed by atoms with Crippen LogP contribution in [-0.4, -0.2) is 47.0 Å². The lowest BCUT2D eigenvalue weighted by molar-refractivity contribution is 0.425. The van der Waals surface area contributed by atoms with Gasteiger partial charge in [0.05, 0.1) is 5.52 Å². The van der Waals surface area contributed by atoms with Crippen LogP contribution >= 0.6 is 0 Å². The highest BCUT2D eigenvalue weighted by Gasteiger charge is 2.09. The van der Waals surface area contributed by atoms with Crippen LogP contribution in [0.15, 0.2) is 48.8 Å². The fraction of sp³-hybridized carbons (Fsp3) is 0.235. The molecule has 0 aliphatic carbocycles. The molecule has 0 unspecified atom stereocenters. The molecule has 1 aromatic carbocycles. The van der Waals surface area contributed by atoms with Crippen LogP contribution in [0.4, 0.5) is 5.82 Å². The second-order valence-electron chi connectivity index (χ2n) is 5.38. The van der Waals surface area contributed by atoms with Crippen molar-refractivity contribution >= 4 is 16.7 Å². The van der Waals surface area contributed by atoms with Gasteiger partial charge in [-0.25, -0.2) is 9.97 Å². The molecular formula is C17H19N5. The van der Waals surface area contributed by atoms with Gasteiger partial charge in [-0.15, -0.1) is 0 Å². The summed E-state index contributed by atoms with van der Waals surface area (Å²) in [5.41, 5.74) is 1.85. The molecule has 3 aromatic rings. The first-order valence-corrected chi connectivity index (χ1v) is 7.30. The number of nitrogens with one attached hydrogen (secondary N) is 1. The van der Waals surface area contributed by atoms with E-state index in [9.17, 15) is 0 Å². The fourth-order valence-corrected chi connectivity index (χ4v) is 2.23. The van der Waals surface area contributed by atoms with Gasteiger partial charge in [0.25, 0.3) is 0 Å². The maximum absolute atomic E-state index is 4.69. The maximum Gasteiger partial charge on any atom is 0.163 e. The average molecular weight is 293 g/mol. The Balaban J connectivity index is 2.01. The second-order valence-corrected chi connectivity index (χ2v) is 5.38. The topological polar surface area (TPSA) is 53.9 Å². The van der Waals surface area contributed by atoms with Crippen LogP contribution in [0.3, 0.4) is 0 Å². The highest BCUT2D eigenvalue weighted by Crippen LogP contribution is 2.24. The summed E-state index contributed by atoms with van der Waals surface area (Å²) in [5.74, 6) is 1.56. The van der Waals surface area contributed by atoms with Gasteiger partial charge in [-0.1, -0.05) is 12.1 Å². The Kier molecular flexibility index (Phi) is 4.25. The van der Waals surface area contributed by atoms with E-state index in [4.69, 9.17) is 0 Å². The van der Waals surface area contributed by atoms with Crippen molar-refractivity contribution in [2.24, 2.45) is 0 Å². The molecule has 0 saturated carbocycles. The van der Waals surface area contributed by atoms with Crippen LogP contribution in [0, 0.1) is 0 Å². The van der Waals surface area contributed by atoms with Gasteiger partial charge in [0, 0.05) is 36.4 Å². The Morgan fingerprint density at radius 2 is 1.91 bits per heavy atom. The normalized spacial score (nSPS) is 11.0. The summed E-state index contributed by atoms with van der Waals surface area (Å²) >= 11 is 0. The molecule has 2 aromatic heterocycles. The van der Waals surface area contributed by atoms with Crippen LogP contribution in [0.2, 0.25) is 0 Å². The van der Waals surface area contributed by atoms with E-state index in [0.29, 0.717) is 5.82 Å². The summed E-state index contributed by atoms with van der Waals surface area (Å²) in [6, 6.07) is 11.9. The molecule has 0 amide bonds. The van der Waals surface area contributed by atoms with Gasteiger partial charge in [0.1, 0.15) is 5.82 Å². The number of benzene rings is 1. The molecule has 0 bridgehead atoms. The van der Waals surface area contributed by atoms with Crippen LogP contribution in [0.1, 0.15) is 0 Å². The number of likely N-dealkylation sites (N-methyl/N-ethyl adjacent to an activating group) is 1. The zero-order valence-corrected chi connectivity index (χ0v) is 12.8. The summed E-state index contributed by atoms with van der Waals surface area (Å²) in [4.78, 5) is 15.6. The molecule has 2 heterocycles. The first kappa shape index (κ1) is 14.4. The quantitative estimate of drug-likeness (QED) is 0.784. The summed E-state index contributed by atoms with van der Waals surface area (Å²) in [7, 11) is 4.11. The molecule has 5 nitrogen and oxygen atoms in total. The lowest BCUT2D eigenvalue weighted by atomic mass is 10.2. The smallest absolute Gasteiger partial charge is 0.163 e. The van der Waals surface area contributed by atoms with Gasteiger partial charge >= 0.3 is 0 Å². The number of rotatable bonds is 5. The SMILES string of the molecule is CN(C)CCNc1nc(-c2cccnc2)nc2ccccc12. The van der Waals surface area contributed by atoms with E-state index in [0.717, 1.165) is 35.4 Å². The Bertz CT molecular complexity index is 755. The van der Waals surface area contributed by atoms with Crippen molar-refractivity contribution in [3.63, 3.8) is 0 Å². The van der Waals surface area contributed by atoms with Crippen LogP contribution < -0.4 is 5.32 Å². The molecule has 0 radical (unpaired) electrons. The van der Waals surface area contributed by atoms with Gasteiger partial charge in [0.2, 0.25) is 0 Å². The molecule has 0 fully saturated rings. The van der Waals surface area contributed by atoms with Crippen LogP contribution in [0.5, 0.6) is 0 Å². The second kappa shape index (κ2) is 6.49. The largest absolute Gasteiger partial charge is 0.368 e. The molecule has 0 spiro atoms. The first-order valence-electron chi connectivity index (χ1n) is 7.30. The fourth-order valence-electron chi connectivity index (χ4n) is 2.23. The number of nitrogens with zero attached hydrogens (tertiary/aromatic N) is 4. The van der Waals surface area contributed by atoms with Crippen molar-refractivity contribution in [2.75, 3.05) is 32.5 Å². The Hall–Kier alpha value is -2.53. The van der Waals surface area contributed by atoms with Crippen LogP contribution in [0.25, 0.3) is 22.3 Å². The Morgan fingerprint density at radius 3 is 2.68 bits per heavy atom. The van der Waals surface area contributed by atoms with Crippen molar-refractivity contribution in [3.05, 3.63) is 48.8 Å². The third-order valence-corrected chi connectivity index (χ3v) is 3.37. The van der Waals surface area contributed by atoms with E-state index in [2.05, 4.69) is 39.3 Å². The van der Waals surface area contributed by atoms with E-state index in [1.807, 2.05) is 36.4 Å². The average Bonchev–Trinajstić information content (AvgIpc) is 2.55. The number of hydrogen-bond acceptors (Lipinski definition) is 5. The summed E-state index contributed by atoms with van der Waals surface area (Å²) < 4.78 is 0. The zero-order chi connectivity index (χ0) is 15.4. The number of hydrogen-bond donors (Lipinski definition) is 1. The first-order chi connectivity index (χ1) is 10.7. The summed E-state index contributed by atoms with van der Waals surface area (Å²) in [5, 5.41) is 4.45. The van der Waals surface area contributed by atoms with E-state index < -0.39 is 0 Å². The lowest BCUT2D eigenvalue weighted by Gasteiger charge is -2.13. The highest BCUT2D eigenvalue weighted by atomic mass is 15.1. The minimum absolute atomic E-state index is 0.694. The van der Waals surface area contributed by atoms with E-state index >= 15 is 0 Å². The summed E-state index contributed by atoms with van der Waals surface area (Å²) in [6.45, 7) is 1.78. The number of anilines is 1. The van der Waals surface area contributed by atoms with Crippen molar-refractivity contribution in [1.29, 1.82) is 0 Å². The standard InChI is InChI=1S/C17H19N5/c1-22(2)11-10-19-17-14-7-3-4-8-15(14)20-16(21-17)13-6-5-9-18-12-13/h3-9,12H,10-11H2,1-2H3,(H,19,20,21). The zero-order valence-electron chi connectivity index (χ0n) is 12.8. The third kappa shape index (κ3) is 3.20. The van der Waals surface area contributed by atoms with Gasteiger partial charge in [-0.2, -0.15) is 0 Å². The lowest BCUT2D eigenvalue weighted by Crippen LogP contribution is -2.21. The van der Waals surface area contributed by atoms with E-state index in [1.54, 1.807) is 12.4 Å². The Labute approximate surface area is 130 Å². The molecule has 0 atom stereocenters. The molecule has 3 rings (SSSR count). The predicted molar refractivity (Wildman–Crippen MR) is 89.8 cm³/mol.